The van der Waals surface area contributed by atoms with Crippen LogP contribution in [0.5, 0.6) is 0 Å². The molecule has 0 saturated heterocycles. The summed E-state index contributed by atoms with van der Waals surface area (Å²) in [5, 5.41) is 5.92. The molecule has 0 unspecified atom stereocenters. The maximum absolute atomic E-state index is 12.6. The maximum atomic E-state index is 12.6. The normalized spacial score (nSPS) is 11.3. The van der Waals surface area contributed by atoms with Crippen molar-refractivity contribution in [3.63, 3.8) is 0 Å². The lowest BCUT2D eigenvalue weighted by Crippen LogP contribution is -2.33. The highest BCUT2D eigenvalue weighted by Crippen LogP contribution is 2.09. The van der Waals surface area contributed by atoms with E-state index in [1.165, 1.54) is 11.1 Å². The molecule has 0 radical (unpaired) electrons. The summed E-state index contributed by atoms with van der Waals surface area (Å²) >= 11 is 0. The molecule has 3 aromatic rings. The van der Waals surface area contributed by atoms with Crippen LogP contribution in [0, 0.1) is 6.92 Å². The highest BCUT2D eigenvalue weighted by molar-refractivity contribution is 5.80. The van der Waals surface area contributed by atoms with Gasteiger partial charge in [-0.15, -0.1) is 0 Å². The first-order valence-corrected chi connectivity index (χ1v) is 7.90. The van der Waals surface area contributed by atoms with Crippen LogP contribution in [0.1, 0.15) is 18.1 Å². The molecule has 3 rings (SSSR count). The fraction of sp³-hybridized carbons (Fsp3) is 0.263. The van der Waals surface area contributed by atoms with Gasteiger partial charge in [-0.25, -0.2) is 4.68 Å². The van der Waals surface area contributed by atoms with Gasteiger partial charge in [0.15, 0.2) is 0 Å². The van der Waals surface area contributed by atoms with Crippen molar-refractivity contribution in [1.82, 2.24) is 14.7 Å². The van der Waals surface area contributed by atoms with E-state index >= 15 is 0 Å². The molecule has 0 bridgehead atoms. The number of aryl methyl sites for hydroxylation is 1. The van der Waals surface area contributed by atoms with Gasteiger partial charge in [-0.2, -0.15) is 5.10 Å². The molecule has 0 atom stereocenters. The largest absolute Gasteiger partial charge is 0.280 e. The third-order valence-electron chi connectivity index (χ3n) is 4.03. The van der Waals surface area contributed by atoms with Crippen LogP contribution in [-0.4, -0.2) is 21.2 Å². The highest BCUT2D eigenvalue weighted by Gasteiger charge is 2.09. The molecule has 0 aliphatic rings. The molecule has 23 heavy (non-hydrogen) atoms. The first kappa shape index (κ1) is 15.4. The second-order valence-corrected chi connectivity index (χ2v) is 5.81. The predicted octanol–water partition coefficient (Wildman–Crippen LogP) is 3.18. The van der Waals surface area contributed by atoms with E-state index in [1.807, 2.05) is 24.3 Å². The third-order valence-corrected chi connectivity index (χ3v) is 4.03. The van der Waals surface area contributed by atoms with Gasteiger partial charge in [-0.1, -0.05) is 55.0 Å². The van der Waals surface area contributed by atoms with E-state index < -0.39 is 0 Å². The Bertz CT molecular complexity index is 870. The van der Waals surface area contributed by atoms with Crippen molar-refractivity contribution >= 4 is 10.8 Å². The number of hydrogen-bond acceptors (Lipinski definition) is 3. The Hall–Kier alpha value is -2.46. The number of hydrogen-bond donors (Lipinski definition) is 0. The molecule has 0 aliphatic heterocycles. The van der Waals surface area contributed by atoms with Crippen LogP contribution in [0.25, 0.3) is 10.8 Å². The molecule has 0 amide bonds. The van der Waals surface area contributed by atoms with E-state index in [4.69, 9.17) is 0 Å². The van der Waals surface area contributed by atoms with Crippen molar-refractivity contribution < 1.29 is 0 Å². The molecule has 0 aliphatic carbocycles. The number of aromatic nitrogens is 2. The average Bonchev–Trinajstić information content (AvgIpc) is 2.57. The molecular weight excluding hydrogens is 286 g/mol. The van der Waals surface area contributed by atoms with Gasteiger partial charge < -0.3 is 0 Å². The topological polar surface area (TPSA) is 38.1 Å². The maximum Gasteiger partial charge on any atom is 0.275 e. The Kier molecular flexibility index (Phi) is 4.53. The minimum atomic E-state index is -0.0363. The Morgan fingerprint density at radius 2 is 1.96 bits per heavy atom. The molecule has 0 N–H and O–H groups in total. The molecule has 0 fully saturated rings. The molecular formula is C19H21N3O. The number of benzene rings is 2. The van der Waals surface area contributed by atoms with Crippen molar-refractivity contribution in [3.8, 4) is 0 Å². The number of rotatable bonds is 5. The third kappa shape index (κ3) is 3.48. The van der Waals surface area contributed by atoms with Gasteiger partial charge in [-0.05, 0) is 25.1 Å². The van der Waals surface area contributed by atoms with Gasteiger partial charge >= 0.3 is 0 Å². The Morgan fingerprint density at radius 1 is 1.13 bits per heavy atom. The molecule has 0 spiro atoms. The first-order chi connectivity index (χ1) is 11.2. The van der Waals surface area contributed by atoms with Gasteiger partial charge in [0.25, 0.3) is 5.56 Å². The van der Waals surface area contributed by atoms with Crippen LogP contribution in [0.2, 0.25) is 0 Å². The fourth-order valence-electron chi connectivity index (χ4n) is 2.75. The van der Waals surface area contributed by atoms with E-state index in [2.05, 4.69) is 48.1 Å². The minimum Gasteiger partial charge on any atom is -0.280 e. The molecule has 118 valence electrons. The van der Waals surface area contributed by atoms with Crippen molar-refractivity contribution in [3.05, 3.63) is 76.2 Å². The zero-order valence-corrected chi connectivity index (χ0v) is 13.6. The van der Waals surface area contributed by atoms with E-state index in [0.29, 0.717) is 12.1 Å². The van der Waals surface area contributed by atoms with E-state index in [1.54, 1.807) is 10.9 Å². The van der Waals surface area contributed by atoms with Gasteiger partial charge in [0.05, 0.1) is 18.3 Å². The summed E-state index contributed by atoms with van der Waals surface area (Å²) in [6.07, 6.45) is 1.76. The minimum absolute atomic E-state index is 0.0363. The van der Waals surface area contributed by atoms with E-state index in [0.717, 1.165) is 18.5 Å². The van der Waals surface area contributed by atoms with Crippen molar-refractivity contribution in [2.75, 3.05) is 6.54 Å². The Labute approximate surface area is 136 Å². The molecule has 4 heteroatoms. The van der Waals surface area contributed by atoms with Gasteiger partial charge in [-0.3, -0.25) is 9.69 Å². The zero-order chi connectivity index (χ0) is 16.2. The summed E-state index contributed by atoms with van der Waals surface area (Å²) in [6, 6.07) is 16.0. The second-order valence-electron chi connectivity index (χ2n) is 5.81. The molecule has 0 saturated carbocycles. The Morgan fingerprint density at radius 3 is 2.74 bits per heavy atom. The van der Waals surface area contributed by atoms with E-state index in [-0.39, 0.29) is 5.56 Å². The number of nitrogens with zero attached hydrogens (tertiary/aromatic N) is 3. The van der Waals surface area contributed by atoms with Gasteiger partial charge in [0.1, 0.15) is 0 Å². The molecule has 4 nitrogen and oxygen atoms in total. The van der Waals surface area contributed by atoms with Crippen LogP contribution in [0.4, 0.5) is 0 Å². The summed E-state index contributed by atoms with van der Waals surface area (Å²) in [6.45, 7) is 6.35. The fourth-order valence-corrected chi connectivity index (χ4v) is 2.75. The van der Waals surface area contributed by atoms with Crippen molar-refractivity contribution in [1.29, 1.82) is 0 Å². The zero-order valence-electron chi connectivity index (χ0n) is 13.6. The van der Waals surface area contributed by atoms with Crippen LogP contribution >= 0.6 is 0 Å². The van der Waals surface area contributed by atoms with Gasteiger partial charge in [0, 0.05) is 11.9 Å². The molecule has 1 aromatic heterocycles. The average molecular weight is 307 g/mol. The van der Waals surface area contributed by atoms with E-state index in [9.17, 15) is 4.79 Å². The summed E-state index contributed by atoms with van der Waals surface area (Å²) in [5.41, 5.74) is 2.46. The second kappa shape index (κ2) is 6.75. The monoisotopic (exact) mass is 307 g/mol. The summed E-state index contributed by atoms with van der Waals surface area (Å²) in [5.74, 6) is 0. The van der Waals surface area contributed by atoms with Crippen LogP contribution in [0.3, 0.4) is 0 Å². The SMILES string of the molecule is CCN(Cc1cccc(C)c1)Cn1ncc2ccccc2c1=O. The Balaban J connectivity index is 1.84. The molecule has 1 heterocycles. The lowest BCUT2D eigenvalue weighted by molar-refractivity contribution is 0.205. The smallest absolute Gasteiger partial charge is 0.275 e. The summed E-state index contributed by atoms with van der Waals surface area (Å²) in [4.78, 5) is 14.8. The van der Waals surface area contributed by atoms with Gasteiger partial charge in [0.2, 0.25) is 0 Å². The highest BCUT2D eigenvalue weighted by atomic mass is 16.1. The predicted molar refractivity (Wildman–Crippen MR) is 93.3 cm³/mol. The quantitative estimate of drug-likeness (QED) is 0.726. The number of fused-ring (bicyclic) bond motifs is 1. The lowest BCUT2D eigenvalue weighted by atomic mass is 10.1. The summed E-state index contributed by atoms with van der Waals surface area (Å²) in [7, 11) is 0. The lowest BCUT2D eigenvalue weighted by Gasteiger charge is -2.21. The molecule has 2 aromatic carbocycles. The van der Waals surface area contributed by atoms with Crippen molar-refractivity contribution in [2.45, 2.75) is 27.1 Å². The first-order valence-electron chi connectivity index (χ1n) is 7.90. The summed E-state index contributed by atoms with van der Waals surface area (Å²) < 4.78 is 1.54. The van der Waals surface area contributed by atoms with Crippen LogP contribution < -0.4 is 5.56 Å². The van der Waals surface area contributed by atoms with Crippen LogP contribution in [-0.2, 0) is 13.2 Å². The van der Waals surface area contributed by atoms with Crippen LogP contribution in [0.15, 0.2) is 59.5 Å². The van der Waals surface area contributed by atoms with Crippen molar-refractivity contribution in [2.24, 2.45) is 0 Å². The standard InChI is InChI=1S/C19H21N3O/c1-3-21(13-16-8-6-7-15(2)11-16)14-22-19(23)18-10-5-4-9-17(18)12-20-22/h4-12H,3,13-14H2,1-2H3.